The van der Waals surface area contributed by atoms with Gasteiger partial charge in [0.05, 0.1) is 12.1 Å². The Morgan fingerprint density at radius 1 is 1.14 bits per heavy atom. The molecule has 22 heavy (non-hydrogen) atoms. The molecule has 0 amide bonds. The van der Waals surface area contributed by atoms with E-state index in [1.54, 1.807) is 0 Å². The summed E-state index contributed by atoms with van der Waals surface area (Å²) >= 11 is 0. The van der Waals surface area contributed by atoms with Crippen LogP contribution in [0.15, 0.2) is 18.2 Å². The van der Waals surface area contributed by atoms with Crippen LogP contribution in [0.1, 0.15) is 70.4 Å². The first-order valence-corrected chi connectivity index (χ1v) is 9.02. The maximum absolute atomic E-state index is 10.7. The van der Waals surface area contributed by atoms with Crippen molar-refractivity contribution in [2.75, 3.05) is 5.32 Å². The number of rotatable bonds is 0. The second-order valence-corrected chi connectivity index (χ2v) is 8.76. The molecule has 1 aromatic carbocycles. The van der Waals surface area contributed by atoms with Crippen LogP contribution in [0.25, 0.3) is 0 Å². The summed E-state index contributed by atoms with van der Waals surface area (Å²) in [5.41, 5.74) is 4.58. The van der Waals surface area contributed by atoms with Crippen molar-refractivity contribution < 1.29 is 5.11 Å². The molecular formula is C20H29NO. The van der Waals surface area contributed by atoms with E-state index < -0.39 is 0 Å². The van der Waals surface area contributed by atoms with E-state index in [1.807, 2.05) is 0 Å². The van der Waals surface area contributed by atoms with Crippen LogP contribution >= 0.6 is 0 Å². The summed E-state index contributed by atoms with van der Waals surface area (Å²) in [5.74, 6) is 0.749. The van der Waals surface area contributed by atoms with Gasteiger partial charge in [0.25, 0.3) is 0 Å². The number of hydrogen-bond donors (Lipinski definition) is 2. The molecule has 2 unspecified atom stereocenters. The molecule has 1 aliphatic heterocycles. The molecule has 2 heteroatoms. The number of anilines is 1. The number of aliphatic hydroxyl groups excluding tert-OH is 1. The Balaban J connectivity index is 1.87. The van der Waals surface area contributed by atoms with E-state index in [0.29, 0.717) is 0 Å². The molecule has 0 aromatic heterocycles. The first kappa shape index (κ1) is 14.6. The highest BCUT2D eigenvalue weighted by atomic mass is 16.3. The van der Waals surface area contributed by atoms with E-state index >= 15 is 0 Å². The Kier molecular flexibility index (Phi) is 3.14. The van der Waals surface area contributed by atoms with Crippen LogP contribution in [0, 0.1) is 5.92 Å². The lowest BCUT2D eigenvalue weighted by atomic mass is 9.55. The van der Waals surface area contributed by atoms with Crippen molar-refractivity contribution in [2.45, 2.75) is 82.3 Å². The van der Waals surface area contributed by atoms with Crippen LogP contribution < -0.4 is 5.32 Å². The summed E-state index contributed by atoms with van der Waals surface area (Å²) in [5, 5.41) is 14.4. The van der Waals surface area contributed by atoms with Crippen LogP contribution in [-0.4, -0.2) is 17.3 Å². The Labute approximate surface area is 134 Å². The van der Waals surface area contributed by atoms with Crippen molar-refractivity contribution in [1.82, 2.24) is 0 Å². The predicted octanol–water partition coefficient (Wildman–Crippen LogP) is 4.36. The molecular weight excluding hydrogens is 270 g/mol. The molecule has 2 saturated carbocycles. The van der Waals surface area contributed by atoms with Gasteiger partial charge in [-0.15, -0.1) is 0 Å². The molecule has 2 N–H and O–H groups in total. The Morgan fingerprint density at radius 3 is 2.73 bits per heavy atom. The lowest BCUT2D eigenvalue weighted by Crippen LogP contribution is -2.56. The molecule has 1 heterocycles. The monoisotopic (exact) mass is 299 g/mol. The molecule has 2 fully saturated rings. The van der Waals surface area contributed by atoms with Gasteiger partial charge in [-0.3, -0.25) is 0 Å². The SMILES string of the molecule is CC(C)(C)c1ccc2c(c1)C13CCCC[C@H]1CC[C@@H](O)C3N2. The van der Waals surface area contributed by atoms with Crippen LogP contribution in [0.5, 0.6) is 0 Å². The van der Waals surface area contributed by atoms with Gasteiger partial charge in [0, 0.05) is 11.1 Å². The van der Waals surface area contributed by atoms with Crippen molar-refractivity contribution in [3.05, 3.63) is 29.3 Å². The Bertz CT molecular complexity index is 588. The third-order valence-electron chi connectivity index (χ3n) is 6.57. The molecule has 0 bridgehead atoms. The third kappa shape index (κ3) is 1.89. The zero-order valence-electron chi connectivity index (χ0n) is 14.2. The first-order valence-electron chi connectivity index (χ1n) is 9.02. The van der Waals surface area contributed by atoms with Gasteiger partial charge in [-0.05, 0) is 54.2 Å². The van der Waals surface area contributed by atoms with Crippen molar-refractivity contribution in [3.8, 4) is 0 Å². The van der Waals surface area contributed by atoms with Crippen LogP contribution in [0.3, 0.4) is 0 Å². The topological polar surface area (TPSA) is 32.3 Å². The van der Waals surface area contributed by atoms with Gasteiger partial charge in [-0.25, -0.2) is 0 Å². The van der Waals surface area contributed by atoms with E-state index in [0.717, 1.165) is 12.3 Å². The van der Waals surface area contributed by atoms with Gasteiger partial charge < -0.3 is 10.4 Å². The quantitative estimate of drug-likeness (QED) is 0.746. The van der Waals surface area contributed by atoms with E-state index in [2.05, 4.69) is 44.3 Å². The van der Waals surface area contributed by atoms with E-state index in [-0.39, 0.29) is 23.0 Å². The van der Waals surface area contributed by atoms with Gasteiger partial charge >= 0.3 is 0 Å². The molecule has 0 saturated heterocycles. The van der Waals surface area contributed by atoms with Gasteiger partial charge in [0.15, 0.2) is 0 Å². The van der Waals surface area contributed by atoms with Gasteiger partial charge in [0.2, 0.25) is 0 Å². The molecule has 4 atom stereocenters. The summed E-state index contributed by atoms with van der Waals surface area (Å²) in [6, 6.07) is 7.22. The zero-order valence-corrected chi connectivity index (χ0v) is 14.2. The van der Waals surface area contributed by atoms with Crippen LogP contribution in [0.4, 0.5) is 5.69 Å². The maximum atomic E-state index is 10.7. The number of benzene rings is 1. The minimum atomic E-state index is -0.195. The number of nitrogens with one attached hydrogen (secondary N) is 1. The number of hydrogen-bond acceptors (Lipinski definition) is 2. The minimum absolute atomic E-state index is 0.182. The molecule has 120 valence electrons. The smallest absolute Gasteiger partial charge is 0.0750 e. The normalized spacial score (nSPS) is 37.0. The van der Waals surface area contributed by atoms with Crippen LogP contribution in [-0.2, 0) is 10.8 Å². The van der Waals surface area contributed by atoms with Gasteiger partial charge in [-0.1, -0.05) is 45.7 Å². The summed E-state index contributed by atoms with van der Waals surface area (Å²) in [6.07, 6.45) is 7.21. The predicted molar refractivity (Wildman–Crippen MR) is 91.4 cm³/mol. The van der Waals surface area contributed by atoms with Gasteiger partial charge in [0.1, 0.15) is 0 Å². The van der Waals surface area contributed by atoms with Crippen molar-refractivity contribution in [3.63, 3.8) is 0 Å². The average Bonchev–Trinajstić information content (AvgIpc) is 2.81. The van der Waals surface area contributed by atoms with Crippen molar-refractivity contribution in [2.24, 2.45) is 5.92 Å². The number of fused-ring (bicyclic) bond motifs is 1. The van der Waals surface area contributed by atoms with Gasteiger partial charge in [-0.2, -0.15) is 0 Å². The molecule has 2 aliphatic carbocycles. The molecule has 2 nitrogen and oxygen atoms in total. The molecule has 3 aliphatic rings. The highest BCUT2D eigenvalue weighted by molar-refractivity contribution is 5.65. The fourth-order valence-electron chi connectivity index (χ4n) is 5.40. The number of aliphatic hydroxyl groups is 1. The van der Waals surface area contributed by atoms with Crippen molar-refractivity contribution in [1.29, 1.82) is 0 Å². The second-order valence-electron chi connectivity index (χ2n) is 8.76. The van der Waals surface area contributed by atoms with Crippen LogP contribution in [0.2, 0.25) is 0 Å². The standard InChI is InChI=1S/C20H29NO/c1-19(2,3)14-7-9-16-15(12-14)20-11-5-4-6-13(20)8-10-17(22)18(20)21-16/h7,9,12-13,17-18,21-22H,4-6,8,10-11H2,1-3H3/t13-,17+,18?,20?/m0/s1. The summed E-state index contributed by atoms with van der Waals surface area (Å²) < 4.78 is 0. The molecule has 4 rings (SSSR count). The molecule has 1 spiro atoms. The summed E-state index contributed by atoms with van der Waals surface area (Å²) in [6.45, 7) is 6.88. The highest BCUT2D eigenvalue weighted by Gasteiger charge is 2.57. The minimum Gasteiger partial charge on any atom is -0.391 e. The van der Waals surface area contributed by atoms with E-state index in [1.165, 1.54) is 48.9 Å². The lowest BCUT2D eigenvalue weighted by molar-refractivity contribution is 0.0165. The highest BCUT2D eigenvalue weighted by Crippen LogP contribution is 2.58. The van der Waals surface area contributed by atoms with E-state index in [9.17, 15) is 5.11 Å². The fourth-order valence-corrected chi connectivity index (χ4v) is 5.40. The maximum Gasteiger partial charge on any atom is 0.0750 e. The Morgan fingerprint density at radius 2 is 1.95 bits per heavy atom. The second kappa shape index (κ2) is 4.74. The lowest BCUT2D eigenvalue weighted by Gasteiger charge is -2.51. The first-order chi connectivity index (χ1) is 10.4. The summed E-state index contributed by atoms with van der Waals surface area (Å²) in [7, 11) is 0. The fraction of sp³-hybridized carbons (Fsp3) is 0.700. The average molecular weight is 299 g/mol. The summed E-state index contributed by atoms with van der Waals surface area (Å²) in [4.78, 5) is 0. The van der Waals surface area contributed by atoms with E-state index in [4.69, 9.17) is 0 Å². The Hall–Kier alpha value is -1.02. The third-order valence-corrected chi connectivity index (χ3v) is 6.57. The van der Waals surface area contributed by atoms with Crippen molar-refractivity contribution >= 4 is 5.69 Å². The largest absolute Gasteiger partial charge is 0.391 e. The molecule has 1 aromatic rings. The zero-order chi connectivity index (χ0) is 15.5. The molecule has 0 radical (unpaired) electrons.